The van der Waals surface area contributed by atoms with Crippen molar-refractivity contribution in [3.8, 4) is 11.1 Å². The molecule has 2 amide bonds. The van der Waals surface area contributed by atoms with Gasteiger partial charge in [-0.2, -0.15) is 0 Å². The predicted molar refractivity (Wildman–Crippen MR) is 99.1 cm³/mol. The van der Waals surface area contributed by atoms with Gasteiger partial charge in [-0.1, -0.05) is 60.7 Å². The maximum Gasteiger partial charge on any atom is 0.238 e. The van der Waals surface area contributed by atoms with Crippen LogP contribution in [0.3, 0.4) is 0 Å². The van der Waals surface area contributed by atoms with Crippen molar-refractivity contribution < 1.29 is 9.59 Å². The number of benzene rings is 2. The number of rotatable bonds is 2. The molecule has 1 heterocycles. The molecule has 6 rings (SSSR count). The molecule has 2 bridgehead atoms. The molecule has 4 atom stereocenters. The monoisotopic (exact) mass is 341 g/mol. The summed E-state index contributed by atoms with van der Waals surface area (Å²) in [7, 11) is 0. The van der Waals surface area contributed by atoms with Crippen LogP contribution >= 0.6 is 0 Å². The van der Waals surface area contributed by atoms with Crippen LogP contribution < -0.4 is 4.90 Å². The Hall–Kier alpha value is -2.68. The van der Waals surface area contributed by atoms with Gasteiger partial charge in [0, 0.05) is 5.56 Å². The molecule has 0 N–H and O–H groups in total. The van der Waals surface area contributed by atoms with Crippen molar-refractivity contribution in [2.24, 2.45) is 29.1 Å². The lowest BCUT2D eigenvalue weighted by atomic mass is 9.85. The molecule has 3 heteroatoms. The number of fused-ring (bicyclic) bond motifs is 3. The quantitative estimate of drug-likeness (QED) is 0.610. The van der Waals surface area contributed by atoms with E-state index < -0.39 is 0 Å². The third-order valence-electron chi connectivity index (χ3n) is 7.08. The largest absolute Gasteiger partial charge is 0.274 e. The van der Waals surface area contributed by atoms with Crippen molar-refractivity contribution in [1.82, 2.24) is 0 Å². The number of para-hydroxylation sites is 1. The SMILES string of the molecule is O=C1[C@@H]2[C@@H](C(=O)N1c1ccccc1-c1ccccc1)[C@H]1C=C[C@H]2C12CC2. The van der Waals surface area contributed by atoms with Gasteiger partial charge in [0.1, 0.15) is 0 Å². The van der Waals surface area contributed by atoms with Crippen LogP contribution in [0.1, 0.15) is 12.8 Å². The highest BCUT2D eigenvalue weighted by molar-refractivity contribution is 6.24. The number of amides is 2. The van der Waals surface area contributed by atoms with Crippen molar-refractivity contribution in [1.29, 1.82) is 0 Å². The molecule has 4 aliphatic rings. The Morgan fingerprint density at radius 1 is 0.769 bits per heavy atom. The minimum absolute atomic E-state index is 0.00602. The lowest BCUT2D eigenvalue weighted by Gasteiger charge is -2.23. The van der Waals surface area contributed by atoms with E-state index in [4.69, 9.17) is 0 Å². The number of allylic oxidation sites excluding steroid dienone is 2. The number of anilines is 1. The van der Waals surface area contributed by atoms with Crippen LogP contribution in [0.4, 0.5) is 5.69 Å². The molecule has 0 aromatic heterocycles. The first-order valence-electron chi connectivity index (χ1n) is 9.43. The molecule has 1 saturated heterocycles. The van der Waals surface area contributed by atoms with Gasteiger partial charge in [-0.25, -0.2) is 4.90 Å². The molecule has 0 radical (unpaired) electrons. The van der Waals surface area contributed by atoms with Crippen LogP contribution in [0.15, 0.2) is 66.7 Å². The Labute approximate surface area is 152 Å². The van der Waals surface area contributed by atoms with Gasteiger partial charge in [0.15, 0.2) is 0 Å². The van der Waals surface area contributed by atoms with E-state index in [9.17, 15) is 9.59 Å². The Morgan fingerprint density at radius 3 is 1.96 bits per heavy atom. The number of imide groups is 1. The molecule has 1 spiro atoms. The Kier molecular flexibility index (Phi) is 2.63. The molecule has 2 aromatic carbocycles. The highest BCUT2D eigenvalue weighted by Crippen LogP contribution is 2.73. The molecular formula is C23H19NO2. The third kappa shape index (κ3) is 1.59. The van der Waals surface area contributed by atoms with Gasteiger partial charge in [-0.3, -0.25) is 9.59 Å². The molecule has 128 valence electrons. The number of hydrogen-bond donors (Lipinski definition) is 0. The molecular weight excluding hydrogens is 322 g/mol. The van der Waals surface area contributed by atoms with Gasteiger partial charge < -0.3 is 0 Å². The van der Waals surface area contributed by atoms with Crippen molar-refractivity contribution in [3.63, 3.8) is 0 Å². The first-order chi connectivity index (χ1) is 12.7. The third-order valence-corrected chi connectivity index (χ3v) is 7.08. The first kappa shape index (κ1) is 14.5. The molecule has 3 nitrogen and oxygen atoms in total. The van der Waals surface area contributed by atoms with Crippen molar-refractivity contribution in [3.05, 3.63) is 66.7 Å². The highest BCUT2D eigenvalue weighted by Gasteiger charge is 2.73. The van der Waals surface area contributed by atoms with Crippen LogP contribution in [0.25, 0.3) is 11.1 Å². The summed E-state index contributed by atoms with van der Waals surface area (Å²) in [6.45, 7) is 0. The van der Waals surface area contributed by atoms with Crippen LogP contribution in [0, 0.1) is 29.1 Å². The Morgan fingerprint density at radius 2 is 1.35 bits per heavy atom. The zero-order valence-corrected chi connectivity index (χ0v) is 14.3. The number of nitrogens with zero attached hydrogens (tertiary/aromatic N) is 1. The second kappa shape index (κ2) is 4.73. The normalized spacial score (nSPS) is 32.5. The summed E-state index contributed by atoms with van der Waals surface area (Å²) in [5.74, 6) is 0.247. The van der Waals surface area contributed by atoms with E-state index in [0.717, 1.165) is 16.8 Å². The van der Waals surface area contributed by atoms with Gasteiger partial charge in [0.25, 0.3) is 0 Å². The summed E-state index contributed by atoms with van der Waals surface area (Å²) in [5.41, 5.74) is 2.94. The molecule has 3 aliphatic carbocycles. The highest BCUT2D eigenvalue weighted by atomic mass is 16.2. The smallest absolute Gasteiger partial charge is 0.238 e. The molecule has 0 unspecified atom stereocenters. The summed E-state index contributed by atoms with van der Waals surface area (Å²) in [4.78, 5) is 28.2. The molecule has 2 aromatic rings. The van der Waals surface area contributed by atoms with Crippen LogP contribution in [-0.4, -0.2) is 11.8 Å². The topological polar surface area (TPSA) is 37.4 Å². The van der Waals surface area contributed by atoms with E-state index in [1.807, 2.05) is 54.6 Å². The van der Waals surface area contributed by atoms with Crippen LogP contribution in [-0.2, 0) is 9.59 Å². The summed E-state index contributed by atoms with van der Waals surface area (Å²) in [6.07, 6.45) is 6.78. The van der Waals surface area contributed by atoms with Gasteiger partial charge in [-0.15, -0.1) is 0 Å². The standard InChI is InChI=1S/C23H19NO2/c25-21-19-16-10-11-17(23(16)12-13-23)20(19)22(26)24(21)18-9-5-4-8-15(18)14-6-2-1-3-7-14/h1-11,16-17,19-20H,12-13H2/t16-,17-,19+,20+/m1/s1. The fourth-order valence-electron chi connectivity index (χ4n) is 5.85. The zero-order valence-electron chi connectivity index (χ0n) is 14.3. The van der Waals surface area contributed by atoms with Crippen molar-refractivity contribution >= 4 is 17.5 Å². The molecule has 1 aliphatic heterocycles. The number of carbonyl (C=O) groups excluding carboxylic acids is 2. The maximum absolute atomic E-state index is 13.4. The van der Waals surface area contributed by atoms with E-state index >= 15 is 0 Å². The minimum Gasteiger partial charge on any atom is -0.274 e. The number of hydrogen-bond acceptors (Lipinski definition) is 2. The lowest BCUT2D eigenvalue weighted by molar-refractivity contribution is -0.123. The fraction of sp³-hybridized carbons (Fsp3) is 0.304. The van der Waals surface area contributed by atoms with Crippen molar-refractivity contribution in [2.75, 3.05) is 4.90 Å². The zero-order chi connectivity index (χ0) is 17.5. The minimum atomic E-state index is -0.149. The molecule has 26 heavy (non-hydrogen) atoms. The van der Waals surface area contributed by atoms with Crippen LogP contribution in [0.2, 0.25) is 0 Å². The van der Waals surface area contributed by atoms with Gasteiger partial charge >= 0.3 is 0 Å². The van der Waals surface area contributed by atoms with Gasteiger partial charge in [0.05, 0.1) is 17.5 Å². The maximum atomic E-state index is 13.4. The Bertz CT molecular complexity index is 939. The lowest BCUT2D eigenvalue weighted by Crippen LogP contribution is -2.35. The average molecular weight is 341 g/mol. The fourth-order valence-corrected chi connectivity index (χ4v) is 5.85. The van der Waals surface area contributed by atoms with E-state index in [1.165, 1.54) is 17.7 Å². The summed E-state index contributed by atoms with van der Waals surface area (Å²) in [6, 6.07) is 17.8. The van der Waals surface area contributed by atoms with Crippen LogP contribution in [0.5, 0.6) is 0 Å². The van der Waals surface area contributed by atoms with E-state index in [2.05, 4.69) is 12.2 Å². The second-order valence-corrected chi connectivity index (χ2v) is 8.12. The van der Waals surface area contributed by atoms with Gasteiger partial charge in [-0.05, 0) is 41.7 Å². The van der Waals surface area contributed by atoms with E-state index in [1.54, 1.807) is 0 Å². The summed E-state index contributed by atoms with van der Waals surface area (Å²) >= 11 is 0. The summed E-state index contributed by atoms with van der Waals surface area (Å²) < 4.78 is 0. The van der Waals surface area contributed by atoms with Gasteiger partial charge in [0.2, 0.25) is 11.8 Å². The Balaban J connectivity index is 1.46. The second-order valence-electron chi connectivity index (χ2n) is 8.12. The van der Waals surface area contributed by atoms with E-state index in [0.29, 0.717) is 0 Å². The summed E-state index contributed by atoms with van der Waals surface area (Å²) in [5, 5.41) is 0. The molecule has 3 fully saturated rings. The predicted octanol–water partition coefficient (Wildman–Crippen LogP) is 4.06. The van der Waals surface area contributed by atoms with Crippen molar-refractivity contribution in [2.45, 2.75) is 12.8 Å². The first-order valence-corrected chi connectivity index (χ1v) is 9.43. The number of carbonyl (C=O) groups is 2. The molecule has 2 saturated carbocycles. The van der Waals surface area contributed by atoms with E-state index in [-0.39, 0.29) is 40.9 Å². The average Bonchev–Trinajstić information content (AvgIpc) is 3.27.